The van der Waals surface area contributed by atoms with Gasteiger partial charge in [-0.05, 0) is 61.7 Å². The van der Waals surface area contributed by atoms with Gasteiger partial charge in [0.05, 0.1) is 0 Å². The Morgan fingerprint density at radius 1 is 1.10 bits per heavy atom. The highest BCUT2D eigenvalue weighted by Gasteiger charge is 2.28. The molecule has 0 unspecified atom stereocenters. The minimum absolute atomic E-state index is 0.0152. The minimum atomic E-state index is -4.37. The summed E-state index contributed by atoms with van der Waals surface area (Å²) in [5, 5.41) is 2.89. The van der Waals surface area contributed by atoms with E-state index in [1.807, 2.05) is 6.07 Å². The first-order valence-corrected chi connectivity index (χ1v) is 10.3. The molecule has 0 spiro atoms. The third kappa shape index (κ3) is 7.54. The van der Waals surface area contributed by atoms with Gasteiger partial charge in [-0.1, -0.05) is 30.3 Å². The van der Waals surface area contributed by atoms with Crippen molar-refractivity contribution in [3.05, 3.63) is 65.5 Å². The van der Waals surface area contributed by atoms with E-state index in [0.717, 1.165) is 18.7 Å². The lowest BCUT2D eigenvalue weighted by Crippen LogP contribution is -2.40. The first-order chi connectivity index (χ1) is 14.8. The van der Waals surface area contributed by atoms with Crippen molar-refractivity contribution in [1.82, 2.24) is 10.2 Å². The monoisotopic (exact) mass is 438 g/mol. The van der Waals surface area contributed by atoms with Gasteiger partial charge in [0.15, 0.2) is 6.61 Å². The fourth-order valence-electron chi connectivity index (χ4n) is 3.68. The number of ether oxygens (including phenoxy) is 1. The number of likely N-dealkylation sites (tertiary alicyclic amines) is 1. The third-order valence-corrected chi connectivity index (χ3v) is 5.32. The van der Waals surface area contributed by atoms with E-state index in [1.165, 1.54) is 12.1 Å². The van der Waals surface area contributed by atoms with Gasteiger partial charge in [-0.3, -0.25) is 9.69 Å². The van der Waals surface area contributed by atoms with Gasteiger partial charge in [-0.25, -0.2) is 4.39 Å². The summed E-state index contributed by atoms with van der Waals surface area (Å²) in [7, 11) is 0. The molecule has 3 rings (SSSR count). The normalized spacial score (nSPS) is 15.6. The molecule has 31 heavy (non-hydrogen) atoms. The zero-order chi connectivity index (χ0) is 22.3. The van der Waals surface area contributed by atoms with Crippen LogP contribution >= 0.6 is 0 Å². The van der Waals surface area contributed by atoms with Crippen molar-refractivity contribution in [2.45, 2.75) is 32.0 Å². The molecule has 1 saturated heterocycles. The van der Waals surface area contributed by atoms with Crippen molar-refractivity contribution in [3.8, 4) is 5.75 Å². The number of carbonyl (C=O) groups excluding carboxylic acids is 1. The van der Waals surface area contributed by atoms with E-state index in [-0.39, 0.29) is 23.4 Å². The summed E-state index contributed by atoms with van der Waals surface area (Å²) in [6.07, 6.45) is -2.51. The Hall–Kier alpha value is -2.61. The second kappa shape index (κ2) is 10.6. The molecule has 0 atom stereocenters. The number of nitrogens with one attached hydrogen (secondary N) is 1. The second-order valence-corrected chi connectivity index (χ2v) is 7.73. The van der Waals surface area contributed by atoms with Crippen LogP contribution in [-0.4, -0.2) is 43.2 Å². The Morgan fingerprint density at radius 3 is 2.55 bits per heavy atom. The van der Waals surface area contributed by atoms with Crippen molar-refractivity contribution in [2.75, 3.05) is 26.2 Å². The van der Waals surface area contributed by atoms with Crippen molar-refractivity contribution in [1.29, 1.82) is 0 Å². The topological polar surface area (TPSA) is 41.6 Å². The van der Waals surface area contributed by atoms with Crippen LogP contribution in [-0.2, 0) is 17.8 Å². The fourth-order valence-corrected chi connectivity index (χ4v) is 3.68. The first-order valence-electron chi connectivity index (χ1n) is 10.3. The molecule has 0 radical (unpaired) electrons. The lowest BCUT2D eigenvalue weighted by molar-refractivity contribution is -0.153. The Bertz CT molecular complexity index is 865. The molecule has 0 bridgehead atoms. The maximum atomic E-state index is 13.6. The smallest absolute Gasteiger partial charge is 0.422 e. The molecule has 1 aliphatic rings. The second-order valence-electron chi connectivity index (χ2n) is 7.73. The Morgan fingerprint density at radius 2 is 1.84 bits per heavy atom. The molecule has 1 heterocycles. The predicted octanol–water partition coefficient (Wildman–Crippen LogP) is 4.34. The van der Waals surface area contributed by atoms with Crippen molar-refractivity contribution < 1.29 is 27.1 Å². The maximum absolute atomic E-state index is 13.6. The molecule has 0 aromatic heterocycles. The lowest BCUT2D eigenvalue weighted by atomic mass is 9.95. The van der Waals surface area contributed by atoms with E-state index < -0.39 is 12.8 Å². The Balaban J connectivity index is 1.40. The van der Waals surface area contributed by atoms with Gasteiger partial charge in [0.25, 0.3) is 0 Å². The molecule has 2 aromatic carbocycles. The van der Waals surface area contributed by atoms with Crippen LogP contribution < -0.4 is 10.1 Å². The number of benzene rings is 2. The third-order valence-electron chi connectivity index (χ3n) is 5.32. The molecule has 1 amide bonds. The standard InChI is InChI=1S/C23H26F4N2O2/c24-21-7-2-1-5-18(21)8-11-28-22(30)19-9-12-29(13-10-19)15-17-4-3-6-20(14-17)31-16-23(25,26)27/h1-7,14,19H,8-13,15-16H2,(H,28,30). The number of alkyl halides is 3. The zero-order valence-corrected chi connectivity index (χ0v) is 17.1. The SMILES string of the molecule is O=C(NCCc1ccccc1F)C1CCN(Cc2cccc(OCC(F)(F)F)c2)CC1. The van der Waals surface area contributed by atoms with E-state index in [9.17, 15) is 22.4 Å². The number of piperidine rings is 1. The minimum Gasteiger partial charge on any atom is -0.484 e. The van der Waals surface area contributed by atoms with Gasteiger partial charge < -0.3 is 10.1 Å². The van der Waals surface area contributed by atoms with Crippen LogP contribution in [0.5, 0.6) is 5.75 Å². The van der Waals surface area contributed by atoms with Gasteiger partial charge in [0.1, 0.15) is 11.6 Å². The molecular weight excluding hydrogens is 412 g/mol. The van der Waals surface area contributed by atoms with Gasteiger partial charge in [-0.2, -0.15) is 13.2 Å². The van der Waals surface area contributed by atoms with Crippen molar-refractivity contribution >= 4 is 5.91 Å². The number of halogens is 4. The quantitative estimate of drug-likeness (QED) is 0.624. The lowest BCUT2D eigenvalue weighted by Gasteiger charge is -2.31. The highest BCUT2D eigenvalue weighted by molar-refractivity contribution is 5.78. The Kier molecular flexibility index (Phi) is 7.90. The van der Waals surface area contributed by atoms with Gasteiger partial charge in [-0.15, -0.1) is 0 Å². The molecule has 1 aliphatic heterocycles. The maximum Gasteiger partial charge on any atom is 0.422 e. The highest BCUT2D eigenvalue weighted by atomic mass is 19.4. The number of carbonyl (C=O) groups is 1. The van der Waals surface area contributed by atoms with Crippen LogP contribution in [0.15, 0.2) is 48.5 Å². The fraction of sp³-hybridized carbons (Fsp3) is 0.435. The molecule has 1 fully saturated rings. The van der Waals surface area contributed by atoms with E-state index in [4.69, 9.17) is 4.74 Å². The summed E-state index contributed by atoms with van der Waals surface area (Å²) in [5.74, 6) is -0.172. The van der Waals surface area contributed by atoms with E-state index in [2.05, 4.69) is 10.2 Å². The number of rotatable bonds is 8. The summed E-state index contributed by atoms with van der Waals surface area (Å²) < 4.78 is 55.4. The number of nitrogens with zero attached hydrogens (tertiary/aromatic N) is 1. The number of amides is 1. The van der Waals surface area contributed by atoms with Crippen molar-refractivity contribution in [2.24, 2.45) is 5.92 Å². The van der Waals surface area contributed by atoms with E-state index in [0.29, 0.717) is 37.9 Å². The van der Waals surface area contributed by atoms with E-state index >= 15 is 0 Å². The number of hydrogen-bond acceptors (Lipinski definition) is 3. The molecule has 1 N–H and O–H groups in total. The van der Waals surface area contributed by atoms with Crippen LogP contribution in [0.4, 0.5) is 17.6 Å². The Labute approximate surface area is 179 Å². The average molecular weight is 438 g/mol. The van der Waals surface area contributed by atoms with Crippen LogP contribution in [0.3, 0.4) is 0 Å². The predicted molar refractivity (Wildman–Crippen MR) is 109 cm³/mol. The summed E-state index contributed by atoms with van der Waals surface area (Å²) >= 11 is 0. The van der Waals surface area contributed by atoms with Crippen LogP contribution in [0.2, 0.25) is 0 Å². The molecule has 0 saturated carbocycles. The van der Waals surface area contributed by atoms with Crippen molar-refractivity contribution in [3.63, 3.8) is 0 Å². The van der Waals surface area contributed by atoms with Crippen LogP contribution in [0, 0.1) is 11.7 Å². The van der Waals surface area contributed by atoms with Gasteiger partial charge in [0, 0.05) is 19.0 Å². The zero-order valence-electron chi connectivity index (χ0n) is 17.1. The van der Waals surface area contributed by atoms with Gasteiger partial charge in [0.2, 0.25) is 5.91 Å². The highest BCUT2D eigenvalue weighted by Crippen LogP contribution is 2.22. The van der Waals surface area contributed by atoms with Crippen LogP contribution in [0.25, 0.3) is 0 Å². The largest absolute Gasteiger partial charge is 0.484 e. The summed E-state index contributed by atoms with van der Waals surface area (Å²) in [4.78, 5) is 14.6. The molecule has 8 heteroatoms. The van der Waals surface area contributed by atoms with Crippen LogP contribution in [0.1, 0.15) is 24.0 Å². The molecule has 2 aromatic rings. The molecule has 168 valence electrons. The van der Waals surface area contributed by atoms with E-state index in [1.54, 1.807) is 30.3 Å². The summed E-state index contributed by atoms with van der Waals surface area (Å²) in [6.45, 7) is 1.11. The summed E-state index contributed by atoms with van der Waals surface area (Å²) in [6, 6.07) is 13.2. The summed E-state index contributed by atoms with van der Waals surface area (Å²) in [5.41, 5.74) is 1.45. The first kappa shape index (κ1) is 23.1. The van der Waals surface area contributed by atoms with Gasteiger partial charge >= 0.3 is 6.18 Å². The average Bonchev–Trinajstić information content (AvgIpc) is 2.74. The molecular formula is C23H26F4N2O2. The molecule has 0 aliphatic carbocycles. The number of hydrogen-bond donors (Lipinski definition) is 1. The molecule has 4 nitrogen and oxygen atoms in total.